The van der Waals surface area contributed by atoms with Crippen molar-refractivity contribution in [1.29, 1.82) is 0 Å². The number of aromatic nitrogens is 3. The molecule has 0 N–H and O–H groups in total. The molecule has 2 aromatic rings. The standard InChI is InChI=1S/C13H15BrClN3/c1-8(2)18-12(7-14)16-17-13(18)10-4-5-11(15)9(3)6-10/h4-6,8H,7H2,1-3H3. The van der Waals surface area contributed by atoms with Gasteiger partial charge in [-0.15, -0.1) is 10.2 Å². The first-order valence-electron chi connectivity index (χ1n) is 5.81. The smallest absolute Gasteiger partial charge is 0.164 e. The molecule has 0 radical (unpaired) electrons. The zero-order chi connectivity index (χ0) is 13.3. The monoisotopic (exact) mass is 327 g/mol. The van der Waals surface area contributed by atoms with Gasteiger partial charge in [-0.25, -0.2) is 0 Å². The molecule has 0 amide bonds. The van der Waals surface area contributed by atoms with E-state index in [2.05, 4.69) is 44.5 Å². The van der Waals surface area contributed by atoms with E-state index in [-0.39, 0.29) is 0 Å². The molecule has 1 aromatic heterocycles. The van der Waals surface area contributed by atoms with Crippen LogP contribution in [0.2, 0.25) is 5.02 Å². The molecule has 0 unspecified atom stereocenters. The molecule has 96 valence electrons. The van der Waals surface area contributed by atoms with Crippen LogP contribution in [0.4, 0.5) is 0 Å². The van der Waals surface area contributed by atoms with Gasteiger partial charge in [0, 0.05) is 16.6 Å². The lowest BCUT2D eigenvalue weighted by Gasteiger charge is -2.13. The van der Waals surface area contributed by atoms with Gasteiger partial charge in [0.15, 0.2) is 5.82 Å². The van der Waals surface area contributed by atoms with Crippen molar-refractivity contribution in [3.8, 4) is 11.4 Å². The summed E-state index contributed by atoms with van der Waals surface area (Å²) in [5.41, 5.74) is 2.10. The van der Waals surface area contributed by atoms with Gasteiger partial charge in [0.2, 0.25) is 0 Å². The van der Waals surface area contributed by atoms with Crippen LogP contribution in [0.3, 0.4) is 0 Å². The van der Waals surface area contributed by atoms with E-state index in [1.54, 1.807) is 0 Å². The number of benzene rings is 1. The first-order chi connectivity index (χ1) is 8.54. The van der Waals surface area contributed by atoms with E-state index in [0.29, 0.717) is 11.4 Å². The van der Waals surface area contributed by atoms with E-state index in [0.717, 1.165) is 27.8 Å². The van der Waals surface area contributed by atoms with Gasteiger partial charge in [-0.2, -0.15) is 0 Å². The Labute approximate surface area is 120 Å². The van der Waals surface area contributed by atoms with E-state index in [4.69, 9.17) is 11.6 Å². The lowest BCUT2D eigenvalue weighted by molar-refractivity contribution is 0.586. The number of aryl methyl sites for hydroxylation is 1. The fraction of sp³-hybridized carbons (Fsp3) is 0.385. The summed E-state index contributed by atoms with van der Waals surface area (Å²) in [6, 6.07) is 6.25. The van der Waals surface area contributed by atoms with Crippen LogP contribution in [0.25, 0.3) is 11.4 Å². The molecule has 0 aliphatic carbocycles. The average Bonchev–Trinajstić information content (AvgIpc) is 2.76. The third-order valence-electron chi connectivity index (χ3n) is 2.82. The number of rotatable bonds is 3. The Bertz CT molecular complexity index is 563. The second-order valence-electron chi connectivity index (χ2n) is 4.50. The van der Waals surface area contributed by atoms with Crippen molar-refractivity contribution in [2.45, 2.75) is 32.1 Å². The molecule has 18 heavy (non-hydrogen) atoms. The molecule has 3 nitrogen and oxygen atoms in total. The van der Waals surface area contributed by atoms with Gasteiger partial charge in [0.05, 0.1) is 5.33 Å². The quantitative estimate of drug-likeness (QED) is 0.783. The Morgan fingerprint density at radius 1 is 1.33 bits per heavy atom. The number of nitrogens with zero attached hydrogens (tertiary/aromatic N) is 3. The minimum absolute atomic E-state index is 0.318. The molecule has 0 saturated carbocycles. The summed E-state index contributed by atoms with van der Waals surface area (Å²) in [6.07, 6.45) is 0. The highest BCUT2D eigenvalue weighted by Crippen LogP contribution is 2.26. The van der Waals surface area contributed by atoms with Crippen LogP contribution in [-0.4, -0.2) is 14.8 Å². The molecular weight excluding hydrogens is 314 g/mol. The minimum atomic E-state index is 0.318. The van der Waals surface area contributed by atoms with Gasteiger partial charge in [0.25, 0.3) is 0 Å². The predicted molar refractivity (Wildman–Crippen MR) is 78.2 cm³/mol. The Balaban J connectivity index is 2.56. The van der Waals surface area contributed by atoms with Crippen LogP contribution < -0.4 is 0 Å². The highest BCUT2D eigenvalue weighted by Gasteiger charge is 2.15. The normalized spacial score (nSPS) is 11.2. The number of hydrogen-bond acceptors (Lipinski definition) is 2. The van der Waals surface area contributed by atoms with Crippen molar-refractivity contribution in [2.75, 3.05) is 0 Å². The third-order valence-corrected chi connectivity index (χ3v) is 3.74. The van der Waals surface area contributed by atoms with Gasteiger partial charge in [-0.3, -0.25) is 0 Å². The molecule has 0 atom stereocenters. The topological polar surface area (TPSA) is 30.7 Å². The van der Waals surface area contributed by atoms with E-state index >= 15 is 0 Å². The molecule has 1 aromatic carbocycles. The van der Waals surface area contributed by atoms with E-state index in [9.17, 15) is 0 Å². The van der Waals surface area contributed by atoms with Gasteiger partial charge < -0.3 is 4.57 Å². The van der Waals surface area contributed by atoms with E-state index < -0.39 is 0 Å². The molecule has 0 aliphatic rings. The van der Waals surface area contributed by atoms with Crippen LogP contribution in [0.15, 0.2) is 18.2 Å². The summed E-state index contributed by atoms with van der Waals surface area (Å²) in [5, 5.41) is 9.98. The Kier molecular flexibility index (Phi) is 4.07. The van der Waals surface area contributed by atoms with Crippen LogP contribution in [0.1, 0.15) is 31.3 Å². The predicted octanol–water partition coefficient (Wildman–Crippen LogP) is 4.38. The molecule has 0 aliphatic heterocycles. The van der Waals surface area contributed by atoms with Crippen molar-refractivity contribution in [3.05, 3.63) is 34.6 Å². The second kappa shape index (κ2) is 5.41. The maximum Gasteiger partial charge on any atom is 0.164 e. The van der Waals surface area contributed by atoms with Gasteiger partial charge in [-0.1, -0.05) is 27.5 Å². The molecule has 0 saturated heterocycles. The summed E-state index contributed by atoms with van der Waals surface area (Å²) in [5.74, 6) is 1.83. The van der Waals surface area contributed by atoms with Crippen LogP contribution in [0.5, 0.6) is 0 Å². The molecule has 1 heterocycles. The first-order valence-corrected chi connectivity index (χ1v) is 7.30. The second-order valence-corrected chi connectivity index (χ2v) is 5.47. The Hall–Kier alpha value is -0.870. The van der Waals surface area contributed by atoms with Crippen molar-refractivity contribution in [1.82, 2.24) is 14.8 Å². The highest BCUT2D eigenvalue weighted by molar-refractivity contribution is 9.08. The zero-order valence-corrected chi connectivity index (χ0v) is 13.0. The lowest BCUT2D eigenvalue weighted by atomic mass is 10.1. The fourth-order valence-corrected chi connectivity index (χ4v) is 2.44. The van der Waals surface area contributed by atoms with Crippen LogP contribution in [0, 0.1) is 6.92 Å². The summed E-state index contributed by atoms with van der Waals surface area (Å²) in [4.78, 5) is 0. The van der Waals surface area contributed by atoms with Crippen molar-refractivity contribution >= 4 is 27.5 Å². The SMILES string of the molecule is Cc1cc(-c2nnc(CBr)n2C(C)C)ccc1Cl. The van der Waals surface area contributed by atoms with Gasteiger partial charge >= 0.3 is 0 Å². The Morgan fingerprint density at radius 2 is 2.06 bits per heavy atom. The van der Waals surface area contributed by atoms with Crippen LogP contribution >= 0.6 is 27.5 Å². The summed E-state index contributed by atoms with van der Waals surface area (Å²) in [6.45, 7) is 6.25. The van der Waals surface area contributed by atoms with E-state index in [1.165, 1.54) is 0 Å². The molecule has 2 rings (SSSR count). The summed E-state index contributed by atoms with van der Waals surface area (Å²) in [7, 11) is 0. The van der Waals surface area contributed by atoms with Gasteiger partial charge in [0.1, 0.15) is 5.82 Å². The molecular formula is C13H15BrClN3. The third kappa shape index (κ3) is 2.45. The van der Waals surface area contributed by atoms with Crippen molar-refractivity contribution < 1.29 is 0 Å². The zero-order valence-electron chi connectivity index (χ0n) is 10.6. The molecule has 0 bridgehead atoms. The fourth-order valence-electron chi connectivity index (χ4n) is 1.94. The summed E-state index contributed by atoms with van der Waals surface area (Å²) >= 11 is 9.50. The van der Waals surface area contributed by atoms with E-state index in [1.807, 2.05) is 25.1 Å². The Morgan fingerprint density at radius 3 is 2.61 bits per heavy atom. The van der Waals surface area contributed by atoms with Crippen LogP contribution in [-0.2, 0) is 5.33 Å². The maximum atomic E-state index is 6.05. The number of alkyl halides is 1. The number of hydrogen-bond donors (Lipinski definition) is 0. The highest BCUT2D eigenvalue weighted by atomic mass is 79.9. The van der Waals surface area contributed by atoms with Crippen molar-refractivity contribution in [2.24, 2.45) is 0 Å². The molecule has 0 fully saturated rings. The van der Waals surface area contributed by atoms with Gasteiger partial charge in [-0.05, 0) is 44.5 Å². The summed E-state index contributed by atoms with van der Waals surface area (Å²) < 4.78 is 2.14. The first kappa shape index (κ1) is 13.6. The number of halogens is 2. The molecule has 0 spiro atoms. The molecule has 5 heteroatoms. The minimum Gasteiger partial charge on any atom is -0.308 e. The van der Waals surface area contributed by atoms with Crippen molar-refractivity contribution in [3.63, 3.8) is 0 Å². The lowest BCUT2D eigenvalue weighted by Crippen LogP contribution is -2.07. The maximum absolute atomic E-state index is 6.05. The average molecular weight is 329 g/mol. The largest absolute Gasteiger partial charge is 0.308 e.